The highest BCUT2D eigenvalue weighted by molar-refractivity contribution is 7.44. The number of anilines is 3. The molecule has 0 saturated carbocycles. The Morgan fingerprint density at radius 1 is 1.40 bits per heavy atom. The molecular formula is C4H11N6O4P. The fraction of sp³-hybridized carbons (Fsp3) is 0.250. The SMILES string of the molecule is COP(=O)([O-])O.Nc1nc(N)[nH+]c(N)n1. The molecular weight excluding hydrogens is 227 g/mol. The molecule has 1 heterocycles. The molecule has 15 heavy (non-hydrogen) atoms. The van der Waals surface area contributed by atoms with E-state index in [-0.39, 0.29) is 17.8 Å². The summed E-state index contributed by atoms with van der Waals surface area (Å²) in [5.41, 5.74) is 15.5. The Kier molecular flexibility index (Phi) is 4.88. The van der Waals surface area contributed by atoms with Gasteiger partial charge in [-0.05, 0) is 0 Å². The third-order valence-electron chi connectivity index (χ3n) is 0.957. The van der Waals surface area contributed by atoms with Crippen molar-refractivity contribution in [3.05, 3.63) is 0 Å². The van der Waals surface area contributed by atoms with Crippen molar-refractivity contribution in [1.29, 1.82) is 0 Å². The first-order chi connectivity index (χ1) is 6.74. The molecule has 1 rings (SSSR count). The molecule has 0 aliphatic heterocycles. The molecule has 0 aromatic carbocycles. The van der Waals surface area contributed by atoms with Gasteiger partial charge in [-0.1, -0.05) is 9.97 Å². The van der Waals surface area contributed by atoms with Crippen LogP contribution in [-0.2, 0) is 9.09 Å². The van der Waals surface area contributed by atoms with Crippen molar-refractivity contribution in [2.45, 2.75) is 0 Å². The van der Waals surface area contributed by atoms with Crippen molar-refractivity contribution in [3.8, 4) is 0 Å². The lowest BCUT2D eigenvalue weighted by atomic mass is 10.9. The third-order valence-corrected chi connectivity index (χ3v) is 1.42. The maximum absolute atomic E-state index is 9.36. The quantitative estimate of drug-likeness (QED) is 0.372. The van der Waals surface area contributed by atoms with Gasteiger partial charge in [0.15, 0.2) is 0 Å². The minimum atomic E-state index is -4.40. The van der Waals surface area contributed by atoms with E-state index in [1.54, 1.807) is 0 Å². The zero-order chi connectivity index (χ0) is 12.1. The maximum Gasteiger partial charge on any atom is 0.320 e. The van der Waals surface area contributed by atoms with Gasteiger partial charge in [-0.3, -0.25) is 4.57 Å². The van der Waals surface area contributed by atoms with Gasteiger partial charge in [0.05, 0.1) is 0 Å². The van der Waals surface area contributed by atoms with Gasteiger partial charge in [-0.2, -0.15) is 0 Å². The van der Waals surface area contributed by atoms with Crippen LogP contribution >= 0.6 is 7.82 Å². The number of phosphoric acid groups is 1. The summed E-state index contributed by atoms with van der Waals surface area (Å²) in [7, 11) is -3.51. The van der Waals surface area contributed by atoms with Gasteiger partial charge >= 0.3 is 17.8 Å². The number of nitrogens with one attached hydrogen (secondary N) is 1. The van der Waals surface area contributed by atoms with Crippen molar-refractivity contribution < 1.29 is 23.9 Å². The predicted molar refractivity (Wildman–Crippen MR) is 48.7 cm³/mol. The summed E-state index contributed by atoms with van der Waals surface area (Å²) in [4.78, 5) is 26.5. The molecule has 0 saturated heterocycles. The van der Waals surface area contributed by atoms with Crippen molar-refractivity contribution >= 4 is 25.7 Å². The van der Waals surface area contributed by atoms with Crippen molar-refractivity contribution in [2.75, 3.05) is 24.3 Å². The van der Waals surface area contributed by atoms with Gasteiger partial charge < -0.3 is 31.5 Å². The monoisotopic (exact) mass is 238 g/mol. The van der Waals surface area contributed by atoms with Crippen molar-refractivity contribution in [2.24, 2.45) is 0 Å². The number of rotatable bonds is 1. The number of hydrogen-bond donors (Lipinski definition) is 4. The van der Waals surface area contributed by atoms with Gasteiger partial charge in [-0.25, -0.2) is 4.98 Å². The Labute approximate surface area is 84.7 Å². The van der Waals surface area contributed by atoms with Crippen LogP contribution in [0.5, 0.6) is 0 Å². The zero-order valence-electron chi connectivity index (χ0n) is 7.75. The summed E-state index contributed by atoms with van der Waals surface area (Å²) in [6, 6.07) is 0. The molecule has 86 valence electrons. The number of nitrogen functional groups attached to an aromatic ring is 3. The number of nitrogens with zero attached hydrogens (tertiary/aromatic N) is 2. The van der Waals surface area contributed by atoms with Gasteiger partial charge in [0.2, 0.25) is 0 Å². The zero-order valence-corrected chi connectivity index (χ0v) is 8.64. The van der Waals surface area contributed by atoms with Crippen LogP contribution in [0.3, 0.4) is 0 Å². The second-order valence-electron chi connectivity index (χ2n) is 2.13. The molecule has 1 aromatic heterocycles. The number of aromatic amines is 1. The van der Waals surface area contributed by atoms with E-state index in [1.807, 2.05) is 0 Å². The standard InChI is InChI=1S/C3H6N6.CH5O4P/c4-1-7-2(5)9-3(6)8-1;1-5-6(2,3)4/h(H6,4,5,6,7,8,9);1H3,(H2,2,3,4). The van der Waals surface area contributed by atoms with E-state index in [4.69, 9.17) is 22.1 Å². The van der Waals surface area contributed by atoms with Crippen molar-refractivity contribution in [3.63, 3.8) is 0 Å². The molecule has 10 nitrogen and oxygen atoms in total. The Morgan fingerprint density at radius 3 is 1.93 bits per heavy atom. The topological polar surface area (TPSA) is 188 Å². The fourth-order valence-electron chi connectivity index (χ4n) is 0.459. The molecule has 1 aromatic rings. The molecule has 0 radical (unpaired) electrons. The lowest BCUT2D eigenvalue weighted by Gasteiger charge is -2.09. The number of H-pyrrole nitrogens is 1. The molecule has 0 fully saturated rings. The molecule has 0 aliphatic rings. The Hall–Kier alpha value is -1.48. The second-order valence-corrected chi connectivity index (χ2v) is 3.43. The first kappa shape index (κ1) is 13.5. The van der Waals surface area contributed by atoms with E-state index < -0.39 is 7.82 Å². The first-order valence-electron chi connectivity index (χ1n) is 3.42. The van der Waals surface area contributed by atoms with E-state index in [2.05, 4.69) is 19.5 Å². The van der Waals surface area contributed by atoms with Gasteiger partial charge in [0.1, 0.15) is 0 Å². The van der Waals surface area contributed by atoms with E-state index in [0.717, 1.165) is 7.11 Å². The summed E-state index contributed by atoms with van der Waals surface area (Å²) in [6.07, 6.45) is 0. The largest absolute Gasteiger partial charge is 0.756 e. The molecule has 0 aliphatic carbocycles. The smallest absolute Gasteiger partial charge is 0.320 e. The van der Waals surface area contributed by atoms with Gasteiger partial charge in [-0.15, -0.1) is 0 Å². The Bertz CT molecular complexity index is 316. The minimum absolute atomic E-state index is 0.0729. The fourth-order valence-corrected chi connectivity index (χ4v) is 0.459. The molecule has 1 atom stereocenters. The summed E-state index contributed by atoms with van der Waals surface area (Å²) in [5, 5.41) is 0. The van der Waals surface area contributed by atoms with E-state index >= 15 is 0 Å². The van der Waals surface area contributed by atoms with E-state index in [0.29, 0.717) is 0 Å². The Balaban J connectivity index is 0.000000288. The van der Waals surface area contributed by atoms with Crippen molar-refractivity contribution in [1.82, 2.24) is 9.97 Å². The summed E-state index contributed by atoms with van der Waals surface area (Å²) >= 11 is 0. The predicted octanol–water partition coefficient (Wildman–Crippen LogP) is -2.87. The van der Waals surface area contributed by atoms with Crippen LogP contribution < -0.4 is 27.1 Å². The minimum Gasteiger partial charge on any atom is -0.756 e. The average Bonchev–Trinajstić information content (AvgIpc) is 2.01. The summed E-state index contributed by atoms with van der Waals surface area (Å²) < 4.78 is 12.9. The van der Waals surface area contributed by atoms with Gasteiger partial charge in [0, 0.05) is 7.11 Å². The molecule has 1 unspecified atom stereocenters. The molecule has 0 bridgehead atoms. The number of hydrogen-bond acceptors (Lipinski definition) is 8. The van der Waals surface area contributed by atoms with Crippen LogP contribution in [0.15, 0.2) is 0 Å². The molecule has 8 N–H and O–H groups in total. The van der Waals surface area contributed by atoms with Crippen LogP contribution in [0.1, 0.15) is 0 Å². The average molecular weight is 238 g/mol. The Morgan fingerprint density at radius 2 is 1.73 bits per heavy atom. The van der Waals surface area contributed by atoms with Crippen LogP contribution in [0.2, 0.25) is 0 Å². The second kappa shape index (κ2) is 5.41. The lowest BCUT2D eigenvalue weighted by molar-refractivity contribution is -0.350. The van der Waals surface area contributed by atoms with Crippen LogP contribution in [-0.4, -0.2) is 22.0 Å². The van der Waals surface area contributed by atoms with E-state index in [9.17, 15) is 9.46 Å². The van der Waals surface area contributed by atoms with Gasteiger partial charge in [0.25, 0.3) is 7.82 Å². The number of aromatic nitrogens is 3. The highest BCUT2D eigenvalue weighted by Gasteiger charge is 2.01. The number of nitrogens with two attached hydrogens (primary N) is 3. The number of phosphoric ester groups is 1. The van der Waals surface area contributed by atoms with Crippen LogP contribution in [0.4, 0.5) is 17.8 Å². The molecule has 11 heteroatoms. The molecule has 0 spiro atoms. The first-order valence-corrected chi connectivity index (χ1v) is 4.91. The lowest BCUT2D eigenvalue weighted by Crippen LogP contribution is -2.20. The molecule has 0 amide bonds. The third kappa shape index (κ3) is 7.58. The normalized spacial score (nSPS) is 13.5. The highest BCUT2D eigenvalue weighted by Crippen LogP contribution is 2.27. The van der Waals surface area contributed by atoms with E-state index in [1.165, 1.54) is 0 Å². The maximum atomic E-state index is 9.36. The highest BCUT2D eigenvalue weighted by atomic mass is 31.2. The van der Waals surface area contributed by atoms with Crippen LogP contribution in [0, 0.1) is 0 Å². The summed E-state index contributed by atoms with van der Waals surface area (Å²) in [6.45, 7) is 0. The summed E-state index contributed by atoms with van der Waals surface area (Å²) in [5.74, 6) is 0.406. The van der Waals surface area contributed by atoms with Crippen LogP contribution in [0.25, 0.3) is 0 Å².